The summed E-state index contributed by atoms with van der Waals surface area (Å²) < 4.78 is 0.587. The SMILES string of the molecule is CSCCC(C)(O)CNC(=O)c1ccc(Cl)s1. The Morgan fingerprint density at radius 3 is 2.88 bits per heavy atom. The van der Waals surface area contributed by atoms with E-state index in [1.807, 2.05) is 6.26 Å². The van der Waals surface area contributed by atoms with Gasteiger partial charge in [-0.1, -0.05) is 11.6 Å². The first-order chi connectivity index (χ1) is 7.94. The zero-order valence-corrected chi connectivity index (χ0v) is 12.2. The van der Waals surface area contributed by atoms with Gasteiger partial charge in [-0.05, 0) is 37.5 Å². The van der Waals surface area contributed by atoms with Crippen molar-refractivity contribution < 1.29 is 9.90 Å². The van der Waals surface area contributed by atoms with E-state index in [0.29, 0.717) is 15.6 Å². The number of hydrogen-bond donors (Lipinski definition) is 2. The Morgan fingerprint density at radius 1 is 1.65 bits per heavy atom. The van der Waals surface area contributed by atoms with Crippen molar-refractivity contribution in [2.75, 3.05) is 18.6 Å². The van der Waals surface area contributed by atoms with Gasteiger partial charge >= 0.3 is 0 Å². The van der Waals surface area contributed by atoms with E-state index in [1.165, 1.54) is 11.3 Å². The zero-order chi connectivity index (χ0) is 12.9. The molecule has 0 aromatic carbocycles. The third-order valence-electron chi connectivity index (χ3n) is 2.27. The van der Waals surface area contributed by atoms with Gasteiger partial charge < -0.3 is 10.4 Å². The summed E-state index contributed by atoms with van der Waals surface area (Å²) in [4.78, 5) is 12.3. The van der Waals surface area contributed by atoms with Crippen LogP contribution in [0.3, 0.4) is 0 Å². The van der Waals surface area contributed by atoms with E-state index in [-0.39, 0.29) is 12.5 Å². The lowest BCUT2D eigenvalue weighted by Crippen LogP contribution is -2.40. The molecule has 3 nitrogen and oxygen atoms in total. The van der Waals surface area contributed by atoms with Crippen LogP contribution in [0.1, 0.15) is 23.0 Å². The summed E-state index contributed by atoms with van der Waals surface area (Å²) >= 11 is 8.66. The van der Waals surface area contributed by atoms with Crippen LogP contribution in [-0.4, -0.2) is 35.2 Å². The molecule has 0 aliphatic carbocycles. The van der Waals surface area contributed by atoms with Crippen molar-refractivity contribution in [1.82, 2.24) is 5.32 Å². The van der Waals surface area contributed by atoms with E-state index < -0.39 is 5.60 Å². The van der Waals surface area contributed by atoms with E-state index in [4.69, 9.17) is 11.6 Å². The van der Waals surface area contributed by atoms with Gasteiger partial charge in [0.2, 0.25) is 0 Å². The Labute approximate surface area is 115 Å². The first-order valence-electron chi connectivity index (χ1n) is 5.19. The number of carbonyl (C=O) groups excluding carboxylic acids is 1. The van der Waals surface area contributed by atoms with E-state index in [1.54, 1.807) is 30.8 Å². The summed E-state index contributed by atoms with van der Waals surface area (Å²) in [6.45, 7) is 1.98. The zero-order valence-electron chi connectivity index (χ0n) is 9.83. The Balaban J connectivity index is 2.42. The molecule has 0 bridgehead atoms. The quantitative estimate of drug-likeness (QED) is 0.848. The lowest BCUT2D eigenvalue weighted by atomic mass is 10.0. The van der Waals surface area contributed by atoms with Gasteiger partial charge in [0.25, 0.3) is 5.91 Å². The lowest BCUT2D eigenvalue weighted by molar-refractivity contribution is 0.0529. The van der Waals surface area contributed by atoms with Crippen molar-refractivity contribution in [3.63, 3.8) is 0 Å². The van der Waals surface area contributed by atoms with Gasteiger partial charge in [-0.15, -0.1) is 11.3 Å². The molecular formula is C11H16ClNO2S2. The Hall–Kier alpha value is -0.230. The van der Waals surface area contributed by atoms with Gasteiger partial charge in [0.05, 0.1) is 14.8 Å². The maximum Gasteiger partial charge on any atom is 0.261 e. The number of amides is 1. The molecule has 6 heteroatoms. The summed E-state index contributed by atoms with van der Waals surface area (Å²) in [5, 5.41) is 12.7. The third-order valence-corrected chi connectivity index (χ3v) is 4.11. The molecule has 1 atom stereocenters. The standard InChI is InChI=1S/C11H16ClNO2S2/c1-11(15,5-6-16-2)7-13-10(14)8-3-4-9(12)17-8/h3-4,15H,5-7H2,1-2H3,(H,13,14). The highest BCUT2D eigenvalue weighted by Gasteiger charge is 2.21. The summed E-state index contributed by atoms with van der Waals surface area (Å²) in [5.74, 6) is 0.680. The lowest BCUT2D eigenvalue weighted by Gasteiger charge is -2.23. The molecule has 0 aliphatic rings. The molecule has 1 amide bonds. The molecule has 0 saturated carbocycles. The smallest absolute Gasteiger partial charge is 0.261 e. The molecule has 96 valence electrons. The Bertz CT molecular complexity index is 379. The van der Waals surface area contributed by atoms with Crippen molar-refractivity contribution in [2.24, 2.45) is 0 Å². The number of nitrogens with one attached hydrogen (secondary N) is 1. The number of thioether (sulfide) groups is 1. The van der Waals surface area contributed by atoms with Gasteiger partial charge in [-0.25, -0.2) is 0 Å². The van der Waals surface area contributed by atoms with Crippen LogP contribution in [-0.2, 0) is 0 Å². The van der Waals surface area contributed by atoms with Crippen molar-refractivity contribution in [3.8, 4) is 0 Å². The van der Waals surface area contributed by atoms with Gasteiger partial charge in [0.15, 0.2) is 0 Å². The van der Waals surface area contributed by atoms with Crippen LogP contribution in [0.15, 0.2) is 12.1 Å². The van der Waals surface area contributed by atoms with Crippen LogP contribution in [0.25, 0.3) is 0 Å². The maximum atomic E-state index is 11.7. The van der Waals surface area contributed by atoms with E-state index in [9.17, 15) is 9.90 Å². The number of aliphatic hydroxyl groups is 1. The van der Waals surface area contributed by atoms with Crippen LogP contribution in [0.5, 0.6) is 0 Å². The first-order valence-corrected chi connectivity index (χ1v) is 7.78. The highest BCUT2D eigenvalue weighted by atomic mass is 35.5. The fourth-order valence-corrected chi connectivity index (χ4v) is 2.81. The molecular weight excluding hydrogens is 278 g/mol. The minimum absolute atomic E-state index is 0.189. The summed E-state index contributed by atoms with van der Waals surface area (Å²) in [6, 6.07) is 3.37. The predicted octanol–water partition coefficient (Wildman–Crippen LogP) is 2.64. The van der Waals surface area contributed by atoms with Crippen molar-refractivity contribution >= 4 is 40.6 Å². The predicted molar refractivity (Wildman–Crippen MR) is 75.3 cm³/mol. The highest BCUT2D eigenvalue weighted by molar-refractivity contribution is 7.98. The fraction of sp³-hybridized carbons (Fsp3) is 0.545. The highest BCUT2D eigenvalue weighted by Crippen LogP contribution is 2.21. The molecule has 0 aliphatic heterocycles. The third kappa shape index (κ3) is 5.29. The van der Waals surface area contributed by atoms with Crippen molar-refractivity contribution in [1.29, 1.82) is 0 Å². The average molecular weight is 294 g/mol. The maximum absolute atomic E-state index is 11.7. The molecule has 2 N–H and O–H groups in total. The molecule has 1 heterocycles. The van der Waals surface area contributed by atoms with Gasteiger partial charge in [0, 0.05) is 6.54 Å². The van der Waals surface area contributed by atoms with E-state index in [2.05, 4.69) is 5.32 Å². The number of hydrogen-bond acceptors (Lipinski definition) is 4. The van der Waals surface area contributed by atoms with Crippen molar-refractivity contribution in [3.05, 3.63) is 21.3 Å². The van der Waals surface area contributed by atoms with Crippen LogP contribution in [0.2, 0.25) is 4.34 Å². The van der Waals surface area contributed by atoms with Gasteiger partial charge in [-0.3, -0.25) is 4.79 Å². The molecule has 1 unspecified atom stereocenters. The second-order valence-electron chi connectivity index (χ2n) is 4.03. The normalized spacial score (nSPS) is 14.4. The summed E-state index contributed by atoms with van der Waals surface area (Å²) in [7, 11) is 0. The molecule has 17 heavy (non-hydrogen) atoms. The molecule has 0 radical (unpaired) electrons. The summed E-state index contributed by atoms with van der Waals surface area (Å²) in [6.07, 6.45) is 2.64. The molecule has 1 aromatic rings. The van der Waals surface area contributed by atoms with Gasteiger partial charge in [-0.2, -0.15) is 11.8 Å². The van der Waals surface area contributed by atoms with Crippen LogP contribution < -0.4 is 5.32 Å². The minimum atomic E-state index is -0.861. The first kappa shape index (κ1) is 14.8. The van der Waals surface area contributed by atoms with E-state index in [0.717, 1.165) is 5.75 Å². The molecule has 0 spiro atoms. The minimum Gasteiger partial charge on any atom is -0.388 e. The largest absolute Gasteiger partial charge is 0.388 e. The fourth-order valence-electron chi connectivity index (χ4n) is 1.20. The van der Waals surface area contributed by atoms with Gasteiger partial charge in [0.1, 0.15) is 0 Å². The second kappa shape index (κ2) is 6.64. The topological polar surface area (TPSA) is 49.3 Å². The average Bonchev–Trinajstić information content (AvgIpc) is 2.70. The number of rotatable bonds is 6. The molecule has 0 fully saturated rings. The number of halogens is 1. The molecule has 1 rings (SSSR count). The Morgan fingerprint density at radius 2 is 2.35 bits per heavy atom. The number of carbonyl (C=O) groups is 1. The second-order valence-corrected chi connectivity index (χ2v) is 6.73. The molecule has 0 saturated heterocycles. The van der Waals surface area contributed by atoms with E-state index >= 15 is 0 Å². The molecule has 1 aromatic heterocycles. The monoisotopic (exact) mass is 293 g/mol. The number of thiophene rings is 1. The van der Waals surface area contributed by atoms with Crippen LogP contribution in [0.4, 0.5) is 0 Å². The van der Waals surface area contributed by atoms with Crippen LogP contribution in [0, 0.1) is 0 Å². The van der Waals surface area contributed by atoms with Crippen LogP contribution >= 0.6 is 34.7 Å². The Kier molecular flexibility index (Phi) is 5.79. The van der Waals surface area contributed by atoms with Crippen molar-refractivity contribution in [2.45, 2.75) is 18.9 Å². The summed E-state index contributed by atoms with van der Waals surface area (Å²) in [5.41, 5.74) is -0.861.